The Morgan fingerprint density at radius 3 is 2.58 bits per heavy atom. The molecular weight excluding hydrogens is 232 g/mol. The molecule has 0 amide bonds. The van der Waals surface area contributed by atoms with E-state index in [1.54, 1.807) is 38.4 Å². The third-order valence-corrected chi connectivity index (χ3v) is 7.96. The summed E-state index contributed by atoms with van der Waals surface area (Å²) in [5.41, 5.74) is 0. The molecule has 0 aromatic heterocycles. The van der Waals surface area contributed by atoms with Gasteiger partial charge in [0.1, 0.15) is 0 Å². The first-order chi connectivity index (χ1) is 9.36. The van der Waals surface area contributed by atoms with E-state index in [0.29, 0.717) is 0 Å². The first-order valence-electron chi connectivity index (χ1n) is 8.59. The Morgan fingerprint density at radius 1 is 0.842 bits per heavy atom. The van der Waals surface area contributed by atoms with Crippen molar-refractivity contribution in [1.29, 1.82) is 0 Å². The summed E-state index contributed by atoms with van der Waals surface area (Å²) in [4.78, 5) is 0. The molecule has 0 heterocycles. The van der Waals surface area contributed by atoms with Crippen LogP contribution in [0, 0.1) is 53.3 Å². The van der Waals surface area contributed by atoms with Crippen LogP contribution in [-0.4, -0.2) is 6.61 Å². The van der Waals surface area contributed by atoms with Gasteiger partial charge < -0.3 is 4.74 Å². The largest absolute Gasteiger partial charge is 0.502 e. The third-order valence-electron chi connectivity index (χ3n) is 7.96. The highest BCUT2D eigenvalue weighted by Crippen LogP contribution is 2.71. The van der Waals surface area contributed by atoms with Gasteiger partial charge in [-0.1, -0.05) is 6.58 Å². The van der Waals surface area contributed by atoms with Gasteiger partial charge in [0.2, 0.25) is 0 Å². The minimum atomic E-state index is 0.863. The van der Waals surface area contributed by atoms with Crippen LogP contribution in [0.4, 0.5) is 0 Å². The van der Waals surface area contributed by atoms with Gasteiger partial charge in [-0.3, -0.25) is 0 Å². The van der Waals surface area contributed by atoms with Crippen molar-refractivity contribution in [2.45, 2.75) is 38.5 Å². The highest BCUT2D eigenvalue weighted by atomic mass is 16.5. The first kappa shape index (κ1) is 11.2. The van der Waals surface area contributed by atoms with Crippen LogP contribution in [0.1, 0.15) is 38.5 Å². The lowest BCUT2D eigenvalue weighted by molar-refractivity contribution is 0.0745. The van der Waals surface area contributed by atoms with E-state index in [2.05, 4.69) is 6.58 Å². The smallest absolute Gasteiger partial charge is 0.0903 e. The number of hydrogen-bond donors (Lipinski definition) is 0. The molecule has 19 heavy (non-hydrogen) atoms. The van der Waals surface area contributed by atoms with E-state index in [1.807, 2.05) is 0 Å². The summed E-state index contributed by atoms with van der Waals surface area (Å²) in [7, 11) is 0. The number of fused-ring (bicyclic) bond motifs is 11. The van der Waals surface area contributed by atoms with Crippen LogP contribution in [0.15, 0.2) is 12.8 Å². The summed E-state index contributed by atoms with van der Waals surface area (Å²) < 4.78 is 5.56. The number of rotatable bonds is 3. The Bertz CT molecular complexity index is 402. The monoisotopic (exact) mass is 258 g/mol. The molecule has 0 spiro atoms. The van der Waals surface area contributed by atoms with Crippen LogP contribution in [0.5, 0.6) is 0 Å². The second-order valence-electron chi connectivity index (χ2n) is 8.21. The summed E-state index contributed by atoms with van der Waals surface area (Å²) >= 11 is 0. The first-order valence-corrected chi connectivity index (χ1v) is 8.59. The highest BCUT2D eigenvalue weighted by Gasteiger charge is 2.65. The molecule has 0 radical (unpaired) electrons. The van der Waals surface area contributed by atoms with E-state index >= 15 is 0 Å². The van der Waals surface area contributed by atoms with E-state index < -0.39 is 0 Å². The molecule has 0 saturated heterocycles. The fraction of sp³-hybridized carbons (Fsp3) is 0.889. The van der Waals surface area contributed by atoms with Crippen molar-refractivity contribution in [2.24, 2.45) is 53.3 Å². The van der Waals surface area contributed by atoms with Gasteiger partial charge in [-0.15, -0.1) is 0 Å². The second kappa shape index (κ2) is 3.80. The van der Waals surface area contributed by atoms with Gasteiger partial charge in [-0.25, -0.2) is 0 Å². The molecule has 5 saturated carbocycles. The Kier molecular flexibility index (Phi) is 2.24. The lowest BCUT2D eigenvalue weighted by Crippen LogP contribution is -2.33. The van der Waals surface area contributed by atoms with E-state index in [4.69, 9.17) is 4.74 Å². The van der Waals surface area contributed by atoms with Gasteiger partial charge in [0, 0.05) is 0 Å². The molecular formula is C18H26O. The van der Waals surface area contributed by atoms with Crippen LogP contribution in [0.2, 0.25) is 0 Å². The average Bonchev–Trinajstić information content (AvgIpc) is 3.15. The van der Waals surface area contributed by atoms with Crippen molar-refractivity contribution in [3.05, 3.63) is 12.8 Å². The van der Waals surface area contributed by atoms with Gasteiger partial charge in [0.05, 0.1) is 12.9 Å². The SMILES string of the molecule is C=COCC1CC2CC1C1C2CC2C3CCC(C3)C21. The Morgan fingerprint density at radius 2 is 1.68 bits per heavy atom. The Hall–Kier alpha value is -0.460. The Balaban J connectivity index is 1.41. The quantitative estimate of drug-likeness (QED) is 0.692. The highest BCUT2D eigenvalue weighted by molar-refractivity contribution is 5.13. The number of ether oxygens (including phenoxy) is 1. The van der Waals surface area contributed by atoms with E-state index in [0.717, 1.165) is 59.9 Å². The maximum atomic E-state index is 5.56. The zero-order valence-electron chi connectivity index (χ0n) is 11.8. The second-order valence-corrected chi connectivity index (χ2v) is 8.21. The molecule has 0 N–H and O–H groups in total. The summed E-state index contributed by atoms with van der Waals surface area (Å²) in [6.07, 6.45) is 11.0. The molecule has 5 aliphatic carbocycles. The van der Waals surface area contributed by atoms with E-state index in [1.165, 1.54) is 6.42 Å². The lowest BCUT2D eigenvalue weighted by atomic mass is 9.69. The summed E-state index contributed by atoms with van der Waals surface area (Å²) in [5.74, 6) is 9.75. The molecule has 9 atom stereocenters. The summed E-state index contributed by atoms with van der Waals surface area (Å²) in [6.45, 7) is 4.67. The molecule has 4 bridgehead atoms. The number of hydrogen-bond acceptors (Lipinski definition) is 1. The maximum Gasteiger partial charge on any atom is 0.0903 e. The molecule has 9 unspecified atom stereocenters. The van der Waals surface area contributed by atoms with Crippen molar-refractivity contribution in [2.75, 3.05) is 6.61 Å². The fourth-order valence-corrected chi connectivity index (χ4v) is 7.68. The van der Waals surface area contributed by atoms with Gasteiger partial charge in [0.25, 0.3) is 0 Å². The molecule has 5 aliphatic rings. The average molecular weight is 258 g/mol. The van der Waals surface area contributed by atoms with Crippen LogP contribution < -0.4 is 0 Å². The standard InChI is InChI=1S/C18H26O/c1-2-19-9-13-6-12-7-14(13)18-16(12)8-15-10-3-4-11(5-10)17(15)18/h2,10-18H,1,3-9H2. The minimum absolute atomic E-state index is 0.863. The summed E-state index contributed by atoms with van der Waals surface area (Å²) in [5, 5.41) is 0. The molecule has 0 aromatic carbocycles. The van der Waals surface area contributed by atoms with Crippen LogP contribution in [0.3, 0.4) is 0 Å². The van der Waals surface area contributed by atoms with Gasteiger partial charge in [-0.05, 0) is 91.8 Å². The zero-order chi connectivity index (χ0) is 12.6. The predicted molar refractivity (Wildman–Crippen MR) is 75.3 cm³/mol. The van der Waals surface area contributed by atoms with Gasteiger partial charge >= 0.3 is 0 Å². The van der Waals surface area contributed by atoms with Crippen molar-refractivity contribution in [3.63, 3.8) is 0 Å². The van der Waals surface area contributed by atoms with Crippen molar-refractivity contribution in [1.82, 2.24) is 0 Å². The fourth-order valence-electron chi connectivity index (χ4n) is 7.68. The van der Waals surface area contributed by atoms with Gasteiger partial charge in [0.15, 0.2) is 0 Å². The molecule has 0 aliphatic heterocycles. The van der Waals surface area contributed by atoms with Gasteiger partial charge in [-0.2, -0.15) is 0 Å². The maximum absolute atomic E-state index is 5.56. The Labute approximate surface area is 116 Å². The predicted octanol–water partition coefficient (Wildman–Crippen LogP) is 4.10. The minimum Gasteiger partial charge on any atom is -0.502 e. The molecule has 5 fully saturated rings. The summed E-state index contributed by atoms with van der Waals surface area (Å²) in [6, 6.07) is 0. The van der Waals surface area contributed by atoms with E-state index in [9.17, 15) is 0 Å². The van der Waals surface area contributed by atoms with E-state index in [-0.39, 0.29) is 0 Å². The molecule has 0 aromatic rings. The molecule has 104 valence electrons. The normalized spacial score (nSPS) is 60.3. The molecule has 1 heteroatoms. The van der Waals surface area contributed by atoms with Crippen LogP contribution in [-0.2, 0) is 4.74 Å². The van der Waals surface area contributed by atoms with Crippen molar-refractivity contribution < 1.29 is 4.74 Å². The van der Waals surface area contributed by atoms with Crippen molar-refractivity contribution >= 4 is 0 Å². The third kappa shape index (κ3) is 1.33. The molecule has 5 rings (SSSR count). The lowest BCUT2D eigenvalue weighted by Gasteiger charge is -2.36. The van der Waals surface area contributed by atoms with Crippen molar-refractivity contribution in [3.8, 4) is 0 Å². The van der Waals surface area contributed by atoms with Crippen LogP contribution in [0.25, 0.3) is 0 Å². The zero-order valence-corrected chi connectivity index (χ0v) is 11.8. The molecule has 1 nitrogen and oxygen atoms in total. The van der Waals surface area contributed by atoms with Crippen LogP contribution >= 0.6 is 0 Å². The topological polar surface area (TPSA) is 9.23 Å².